The minimum atomic E-state index is -0.664. The van der Waals surface area contributed by atoms with Gasteiger partial charge in [-0.15, -0.1) is 0 Å². The van der Waals surface area contributed by atoms with Gasteiger partial charge in [0.05, 0.1) is 9.77 Å². The Kier molecular flexibility index (Phi) is 2.53. The van der Waals surface area contributed by atoms with Gasteiger partial charge in [-0.25, -0.2) is 8.78 Å². The maximum absolute atomic E-state index is 12.5. The molecule has 1 heterocycles. The summed E-state index contributed by atoms with van der Waals surface area (Å²) in [5.41, 5.74) is 0.306. The van der Waals surface area contributed by atoms with E-state index in [-0.39, 0.29) is 0 Å². The zero-order chi connectivity index (χ0) is 7.56. The second-order valence-corrected chi connectivity index (χ2v) is 2.81. The molecule has 0 N–H and O–H groups in total. The number of hydrogen-bond acceptors (Lipinski definition) is 1. The van der Waals surface area contributed by atoms with Crippen LogP contribution in [0.5, 0.6) is 0 Å². The zero-order valence-electron chi connectivity index (χ0n) is 4.94. The Morgan fingerprint density at radius 3 is 2.70 bits per heavy atom. The number of nitrogens with zero attached hydrogens (tertiary/aromatic N) is 1. The Bertz CT molecular complexity index is 239. The number of aromatic nitrogens is 1. The fraction of sp³-hybridized carbons (Fsp3) is 0.167. The normalized spacial score (nSPS) is 9.90. The average Bonchev–Trinajstić information content (AvgIpc) is 1.95. The van der Waals surface area contributed by atoms with Crippen LogP contribution in [0.4, 0.5) is 8.78 Å². The lowest BCUT2D eigenvalue weighted by Crippen LogP contribution is -1.91. The molecule has 0 aliphatic carbocycles. The molecule has 0 unspecified atom stereocenters. The molecule has 1 rings (SSSR count). The molecular formula is C6H4F2IN. The van der Waals surface area contributed by atoms with Crippen LogP contribution in [0.1, 0.15) is 5.56 Å². The van der Waals surface area contributed by atoms with Gasteiger partial charge in [-0.3, -0.25) is 4.98 Å². The molecule has 0 aliphatic rings. The molecule has 0 saturated heterocycles. The van der Waals surface area contributed by atoms with Crippen molar-refractivity contribution in [3.05, 3.63) is 27.3 Å². The first-order valence-corrected chi connectivity index (χ1v) is 3.67. The van der Waals surface area contributed by atoms with Crippen molar-refractivity contribution in [2.24, 2.45) is 0 Å². The van der Waals surface area contributed by atoms with Crippen LogP contribution in [-0.4, -0.2) is 4.98 Å². The van der Waals surface area contributed by atoms with Crippen LogP contribution >= 0.6 is 22.6 Å². The molecule has 0 spiro atoms. The summed E-state index contributed by atoms with van der Waals surface area (Å²) in [6.07, 6.45) is 2.39. The second kappa shape index (κ2) is 3.23. The van der Waals surface area contributed by atoms with Crippen LogP contribution < -0.4 is 0 Å². The van der Waals surface area contributed by atoms with Crippen LogP contribution in [-0.2, 0) is 6.67 Å². The van der Waals surface area contributed by atoms with E-state index in [1.807, 2.05) is 0 Å². The summed E-state index contributed by atoms with van der Waals surface area (Å²) < 4.78 is 24.8. The number of hydrogen-bond donors (Lipinski definition) is 0. The van der Waals surface area contributed by atoms with Crippen molar-refractivity contribution in [2.45, 2.75) is 6.67 Å². The van der Waals surface area contributed by atoms with E-state index in [9.17, 15) is 8.78 Å². The van der Waals surface area contributed by atoms with Crippen molar-refractivity contribution in [1.82, 2.24) is 4.98 Å². The number of rotatable bonds is 1. The van der Waals surface area contributed by atoms with Crippen LogP contribution in [0.3, 0.4) is 0 Å². The van der Waals surface area contributed by atoms with Gasteiger partial charge in [0.2, 0.25) is 0 Å². The van der Waals surface area contributed by atoms with Gasteiger partial charge in [-0.1, -0.05) is 0 Å². The first-order valence-electron chi connectivity index (χ1n) is 2.59. The predicted octanol–water partition coefficient (Wildman–Crippen LogP) is 2.29. The molecule has 0 fully saturated rings. The first-order chi connectivity index (χ1) is 4.75. The van der Waals surface area contributed by atoms with Gasteiger partial charge in [0, 0.05) is 11.8 Å². The van der Waals surface area contributed by atoms with Crippen LogP contribution in [0.25, 0.3) is 0 Å². The van der Waals surface area contributed by atoms with Crippen molar-refractivity contribution in [3.8, 4) is 0 Å². The van der Waals surface area contributed by atoms with Gasteiger partial charge in [0.15, 0.2) is 5.82 Å². The van der Waals surface area contributed by atoms with E-state index < -0.39 is 12.5 Å². The Morgan fingerprint density at radius 1 is 1.50 bits per heavy atom. The molecule has 0 amide bonds. The molecule has 1 aromatic heterocycles. The van der Waals surface area contributed by atoms with E-state index in [0.29, 0.717) is 9.13 Å². The minimum absolute atomic E-state index is 0.306. The van der Waals surface area contributed by atoms with Crippen LogP contribution in [0, 0.1) is 9.39 Å². The van der Waals surface area contributed by atoms with E-state index in [0.717, 1.165) is 6.20 Å². The molecule has 0 saturated carbocycles. The molecule has 0 bridgehead atoms. The van der Waals surface area contributed by atoms with E-state index >= 15 is 0 Å². The summed E-state index contributed by atoms with van der Waals surface area (Å²) in [6.45, 7) is -0.664. The lowest BCUT2D eigenvalue weighted by atomic mass is 10.3. The van der Waals surface area contributed by atoms with Gasteiger partial charge in [0.25, 0.3) is 0 Å². The highest BCUT2D eigenvalue weighted by Gasteiger charge is 2.03. The quantitative estimate of drug-likeness (QED) is 0.701. The monoisotopic (exact) mass is 255 g/mol. The predicted molar refractivity (Wildman–Crippen MR) is 41.7 cm³/mol. The van der Waals surface area contributed by atoms with E-state index in [4.69, 9.17) is 0 Å². The Balaban J connectivity index is 3.14. The first kappa shape index (κ1) is 7.84. The molecule has 1 aromatic rings. The summed E-state index contributed by atoms with van der Waals surface area (Å²) in [6, 6.07) is 0. The Hall–Kier alpha value is -0.260. The SMILES string of the molecule is FCc1cncc(F)c1I. The zero-order valence-corrected chi connectivity index (χ0v) is 7.10. The standard InChI is InChI=1S/C6H4F2IN/c7-1-4-2-10-3-5(8)6(4)9/h2-3H,1H2. The van der Waals surface area contributed by atoms with Crippen molar-refractivity contribution in [1.29, 1.82) is 0 Å². The van der Waals surface area contributed by atoms with Crippen LogP contribution in [0.15, 0.2) is 12.4 Å². The maximum Gasteiger partial charge on any atom is 0.155 e. The van der Waals surface area contributed by atoms with Crippen molar-refractivity contribution >= 4 is 22.6 Å². The molecule has 10 heavy (non-hydrogen) atoms. The maximum atomic E-state index is 12.5. The highest BCUT2D eigenvalue weighted by Crippen LogP contribution is 2.14. The molecule has 0 aromatic carbocycles. The van der Waals surface area contributed by atoms with Gasteiger partial charge >= 0.3 is 0 Å². The second-order valence-electron chi connectivity index (χ2n) is 1.73. The average molecular weight is 255 g/mol. The highest BCUT2D eigenvalue weighted by atomic mass is 127. The van der Waals surface area contributed by atoms with E-state index in [1.165, 1.54) is 6.20 Å². The van der Waals surface area contributed by atoms with Gasteiger partial charge in [-0.05, 0) is 22.6 Å². The minimum Gasteiger partial charge on any atom is -0.261 e. The van der Waals surface area contributed by atoms with Crippen molar-refractivity contribution < 1.29 is 8.78 Å². The van der Waals surface area contributed by atoms with E-state index in [2.05, 4.69) is 4.98 Å². The summed E-state index contributed by atoms with van der Waals surface area (Å²) >= 11 is 1.75. The lowest BCUT2D eigenvalue weighted by Gasteiger charge is -1.97. The number of halogens is 3. The fourth-order valence-electron chi connectivity index (χ4n) is 0.553. The molecular weight excluding hydrogens is 251 g/mol. The summed E-state index contributed by atoms with van der Waals surface area (Å²) in [5, 5.41) is 0. The smallest absolute Gasteiger partial charge is 0.155 e. The number of alkyl halides is 1. The fourth-order valence-corrected chi connectivity index (χ4v) is 0.975. The molecule has 4 heteroatoms. The lowest BCUT2D eigenvalue weighted by molar-refractivity contribution is 0.478. The summed E-state index contributed by atoms with van der Waals surface area (Å²) in [7, 11) is 0. The Morgan fingerprint density at radius 2 is 2.20 bits per heavy atom. The summed E-state index contributed by atoms with van der Waals surface area (Å²) in [4.78, 5) is 3.50. The molecule has 0 atom stereocenters. The molecule has 0 radical (unpaired) electrons. The van der Waals surface area contributed by atoms with Gasteiger partial charge in [-0.2, -0.15) is 0 Å². The van der Waals surface area contributed by atoms with Crippen molar-refractivity contribution in [2.75, 3.05) is 0 Å². The topological polar surface area (TPSA) is 12.9 Å². The van der Waals surface area contributed by atoms with Gasteiger partial charge in [0.1, 0.15) is 6.67 Å². The van der Waals surface area contributed by atoms with Gasteiger partial charge < -0.3 is 0 Å². The molecule has 0 aliphatic heterocycles. The van der Waals surface area contributed by atoms with Crippen molar-refractivity contribution in [3.63, 3.8) is 0 Å². The third kappa shape index (κ3) is 1.42. The van der Waals surface area contributed by atoms with Crippen LogP contribution in [0.2, 0.25) is 0 Å². The molecule has 1 nitrogen and oxygen atoms in total. The largest absolute Gasteiger partial charge is 0.261 e. The third-order valence-corrected chi connectivity index (χ3v) is 2.26. The third-order valence-electron chi connectivity index (χ3n) is 1.05. The number of pyridine rings is 1. The molecule has 54 valence electrons. The van der Waals surface area contributed by atoms with E-state index in [1.54, 1.807) is 22.6 Å². The summed E-state index contributed by atoms with van der Waals surface area (Å²) in [5.74, 6) is -0.462. The highest BCUT2D eigenvalue weighted by molar-refractivity contribution is 14.1. The Labute approximate surface area is 70.6 Å².